The summed E-state index contributed by atoms with van der Waals surface area (Å²) in [4.78, 5) is 0. The first-order valence-electron chi connectivity index (χ1n) is 11.7. The lowest BCUT2D eigenvalue weighted by molar-refractivity contribution is -0.906. The predicted molar refractivity (Wildman–Crippen MR) is 133 cm³/mol. The monoisotopic (exact) mass is 442 g/mol. The van der Waals surface area contributed by atoms with E-state index >= 15 is 0 Å². The standard InChI is InChI=1S/C28H44NO3/c1-27(2,3)22-28(4,5)24-13-15-26(16-14-24)32-18-17-31-21-25(30)20-29(6,7)19-23-11-9-8-10-12-23/h8-16,25,30H,17-22H2,1-7H3/q+1. The number of quaternary nitrogens is 1. The largest absolute Gasteiger partial charge is 0.491 e. The van der Waals surface area contributed by atoms with Crippen LogP contribution in [0.15, 0.2) is 54.6 Å². The van der Waals surface area contributed by atoms with Crippen molar-refractivity contribution < 1.29 is 19.1 Å². The van der Waals surface area contributed by atoms with Crippen molar-refractivity contribution >= 4 is 0 Å². The Morgan fingerprint density at radius 1 is 0.875 bits per heavy atom. The minimum atomic E-state index is -0.502. The lowest BCUT2D eigenvalue weighted by atomic mass is 9.72. The second-order valence-corrected chi connectivity index (χ2v) is 11.5. The van der Waals surface area contributed by atoms with Gasteiger partial charge in [-0.15, -0.1) is 0 Å². The summed E-state index contributed by atoms with van der Waals surface area (Å²) in [7, 11) is 4.26. The Bertz CT molecular complexity index is 792. The number of nitrogens with zero attached hydrogens (tertiary/aromatic N) is 1. The summed E-state index contributed by atoms with van der Waals surface area (Å²) in [5.74, 6) is 0.852. The summed E-state index contributed by atoms with van der Waals surface area (Å²) >= 11 is 0. The third-order valence-electron chi connectivity index (χ3n) is 5.57. The highest BCUT2D eigenvalue weighted by molar-refractivity contribution is 5.31. The molecule has 4 nitrogen and oxygen atoms in total. The van der Waals surface area contributed by atoms with Crippen LogP contribution in [0, 0.1) is 5.41 Å². The van der Waals surface area contributed by atoms with Crippen molar-refractivity contribution in [3.05, 3.63) is 65.7 Å². The Labute approximate surface area is 195 Å². The van der Waals surface area contributed by atoms with Crippen LogP contribution in [0.5, 0.6) is 5.75 Å². The summed E-state index contributed by atoms with van der Waals surface area (Å²) in [6.45, 7) is 14.2. The van der Waals surface area contributed by atoms with E-state index in [1.54, 1.807) is 0 Å². The summed E-state index contributed by atoms with van der Waals surface area (Å²) in [6, 6.07) is 18.8. The van der Waals surface area contributed by atoms with Crippen LogP contribution in [0.1, 0.15) is 52.2 Å². The zero-order valence-corrected chi connectivity index (χ0v) is 21.2. The van der Waals surface area contributed by atoms with Crippen LogP contribution in [0.2, 0.25) is 0 Å². The van der Waals surface area contributed by atoms with Gasteiger partial charge in [-0.1, -0.05) is 77.1 Å². The minimum Gasteiger partial charge on any atom is -0.491 e. The average molecular weight is 443 g/mol. The first-order chi connectivity index (χ1) is 14.9. The topological polar surface area (TPSA) is 38.7 Å². The van der Waals surface area contributed by atoms with Crippen LogP contribution in [-0.2, 0) is 16.7 Å². The van der Waals surface area contributed by atoms with Gasteiger partial charge in [-0.05, 0) is 34.9 Å². The molecule has 0 aliphatic carbocycles. The van der Waals surface area contributed by atoms with Crippen molar-refractivity contribution in [1.82, 2.24) is 0 Å². The van der Waals surface area contributed by atoms with E-state index in [1.807, 2.05) is 18.2 Å². The maximum Gasteiger partial charge on any atom is 0.126 e. The summed E-state index contributed by atoms with van der Waals surface area (Å²) in [6.07, 6.45) is 0.620. The highest BCUT2D eigenvalue weighted by Crippen LogP contribution is 2.36. The molecule has 0 fully saturated rings. The molecule has 178 valence electrons. The number of benzene rings is 2. The normalized spacial score (nSPS) is 13.8. The van der Waals surface area contributed by atoms with E-state index in [0.717, 1.165) is 18.7 Å². The number of rotatable bonds is 12. The molecule has 1 unspecified atom stereocenters. The van der Waals surface area contributed by atoms with Crippen molar-refractivity contribution in [3.8, 4) is 5.75 Å². The third kappa shape index (κ3) is 9.72. The van der Waals surface area contributed by atoms with Gasteiger partial charge in [0.1, 0.15) is 31.5 Å². The lowest BCUT2D eigenvalue weighted by Crippen LogP contribution is -2.45. The zero-order valence-electron chi connectivity index (χ0n) is 21.2. The Hall–Kier alpha value is -1.88. The molecular weight excluding hydrogens is 398 g/mol. The van der Waals surface area contributed by atoms with Crippen LogP contribution in [-0.4, -0.2) is 56.2 Å². The second kappa shape index (κ2) is 11.3. The zero-order chi connectivity index (χ0) is 23.8. The van der Waals surface area contributed by atoms with Crippen LogP contribution in [0.3, 0.4) is 0 Å². The Morgan fingerprint density at radius 2 is 1.50 bits per heavy atom. The number of aliphatic hydroxyl groups excluding tert-OH is 1. The van der Waals surface area contributed by atoms with E-state index < -0.39 is 6.10 Å². The molecular formula is C28H44NO3+. The van der Waals surface area contributed by atoms with Gasteiger partial charge < -0.3 is 19.1 Å². The summed E-state index contributed by atoms with van der Waals surface area (Å²) < 4.78 is 12.2. The maximum atomic E-state index is 10.4. The lowest BCUT2D eigenvalue weighted by Gasteiger charge is -2.33. The molecule has 0 aliphatic rings. The van der Waals surface area contributed by atoms with E-state index in [-0.39, 0.29) is 10.8 Å². The third-order valence-corrected chi connectivity index (χ3v) is 5.57. The quantitative estimate of drug-likeness (QED) is 0.352. The molecule has 2 aromatic rings. The SMILES string of the molecule is CC(C)(C)CC(C)(C)c1ccc(OCCOCC(O)C[N+](C)(C)Cc2ccccc2)cc1. The van der Waals surface area contributed by atoms with Gasteiger partial charge in [0.25, 0.3) is 0 Å². The average Bonchev–Trinajstić information content (AvgIpc) is 2.66. The van der Waals surface area contributed by atoms with Crippen LogP contribution >= 0.6 is 0 Å². The number of hydrogen-bond donors (Lipinski definition) is 1. The molecule has 0 bridgehead atoms. The molecule has 0 heterocycles. The molecule has 2 aromatic carbocycles. The Morgan fingerprint density at radius 3 is 2.09 bits per heavy atom. The molecule has 1 atom stereocenters. The molecule has 0 radical (unpaired) electrons. The van der Waals surface area contributed by atoms with E-state index in [9.17, 15) is 5.11 Å². The summed E-state index contributed by atoms with van der Waals surface area (Å²) in [5, 5.41) is 10.4. The number of likely N-dealkylation sites (N-methyl/N-ethyl adjacent to an activating group) is 1. The highest BCUT2D eigenvalue weighted by Gasteiger charge is 2.27. The van der Waals surface area contributed by atoms with Crippen LogP contribution in [0.25, 0.3) is 0 Å². The molecule has 4 heteroatoms. The Balaban J connectivity index is 1.69. The molecule has 0 amide bonds. The molecule has 0 spiro atoms. The van der Waals surface area contributed by atoms with Gasteiger partial charge in [-0.25, -0.2) is 0 Å². The van der Waals surface area contributed by atoms with Crippen molar-refractivity contribution in [2.24, 2.45) is 5.41 Å². The van der Waals surface area contributed by atoms with E-state index in [1.165, 1.54) is 11.1 Å². The van der Waals surface area contributed by atoms with Crippen molar-refractivity contribution in [2.45, 2.75) is 59.1 Å². The van der Waals surface area contributed by atoms with Crippen LogP contribution < -0.4 is 4.74 Å². The predicted octanol–water partition coefficient (Wildman–Crippen LogP) is 5.43. The number of ether oxygens (including phenoxy) is 2. The fourth-order valence-electron chi connectivity index (χ4n) is 4.63. The molecule has 0 aromatic heterocycles. The number of aliphatic hydroxyl groups is 1. The number of hydrogen-bond acceptors (Lipinski definition) is 3. The minimum absolute atomic E-state index is 0.128. The first kappa shape index (κ1) is 26.4. The van der Waals surface area contributed by atoms with Crippen molar-refractivity contribution in [1.29, 1.82) is 0 Å². The van der Waals surface area contributed by atoms with E-state index in [4.69, 9.17) is 9.47 Å². The fraction of sp³-hybridized carbons (Fsp3) is 0.571. The maximum absolute atomic E-state index is 10.4. The van der Waals surface area contributed by atoms with Crippen LogP contribution in [0.4, 0.5) is 0 Å². The summed E-state index contributed by atoms with van der Waals surface area (Å²) in [5.41, 5.74) is 3.01. The fourth-order valence-corrected chi connectivity index (χ4v) is 4.63. The van der Waals surface area contributed by atoms with Crippen molar-refractivity contribution in [2.75, 3.05) is 40.5 Å². The first-order valence-corrected chi connectivity index (χ1v) is 11.7. The van der Waals surface area contributed by atoms with Gasteiger partial charge in [-0.3, -0.25) is 0 Å². The Kier molecular flexibility index (Phi) is 9.32. The van der Waals surface area contributed by atoms with Gasteiger partial charge in [0.2, 0.25) is 0 Å². The highest BCUT2D eigenvalue weighted by atomic mass is 16.5. The smallest absolute Gasteiger partial charge is 0.126 e. The molecule has 0 saturated carbocycles. The van der Waals surface area contributed by atoms with Crippen molar-refractivity contribution in [3.63, 3.8) is 0 Å². The van der Waals surface area contributed by atoms with Gasteiger partial charge in [0.05, 0.1) is 27.3 Å². The molecule has 32 heavy (non-hydrogen) atoms. The van der Waals surface area contributed by atoms with Gasteiger partial charge in [0, 0.05) is 5.56 Å². The second-order valence-electron chi connectivity index (χ2n) is 11.5. The molecule has 0 saturated heterocycles. The van der Waals surface area contributed by atoms with Gasteiger partial charge >= 0.3 is 0 Å². The van der Waals surface area contributed by atoms with Gasteiger partial charge in [-0.2, -0.15) is 0 Å². The van der Waals surface area contributed by atoms with E-state index in [2.05, 4.69) is 85.1 Å². The molecule has 1 N–H and O–H groups in total. The van der Waals surface area contributed by atoms with E-state index in [0.29, 0.717) is 30.8 Å². The molecule has 2 rings (SSSR count). The van der Waals surface area contributed by atoms with Gasteiger partial charge in [0.15, 0.2) is 0 Å². The molecule has 0 aliphatic heterocycles.